The molecule has 0 N–H and O–H groups in total. The molecule has 4 nitrogen and oxygen atoms in total. The molecule has 1 heterocycles. The first kappa shape index (κ1) is 8.82. The summed E-state index contributed by atoms with van der Waals surface area (Å²) in [6.07, 6.45) is 4.36. The van der Waals surface area contributed by atoms with Gasteiger partial charge in [-0.05, 0) is 12.8 Å². The number of hydrogen-bond donors (Lipinski definition) is 0. The Morgan fingerprint density at radius 2 is 2.36 bits per heavy atom. The third-order valence-corrected chi connectivity index (χ3v) is 2.55. The molecule has 1 aromatic heterocycles. The monoisotopic (exact) mass is 191 g/mol. The maximum atomic E-state index is 11.3. The van der Waals surface area contributed by atoms with E-state index in [0.717, 1.165) is 12.8 Å². The maximum Gasteiger partial charge on any atom is 0.341 e. The summed E-state index contributed by atoms with van der Waals surface area (Å²) >= 11 is 0. The first-order valence-corrected chi connectivity index (χ1v) is 4.30. The lowest BCUT2D eigenvalue weighted by atomic mass is 9.97. The lowest BCUT2D eigenvalue weighted by Gasteiger charge is -2.03. The van der Waals surface area contributed by atoms with Crippen molar-refractivity contribution in [2.24, 2.45) is 0 Å². The molecule has 0 saturated heterocycles. The molecule has 2 rings (SSSR count). The van der Waals surface area contributed by atoms with Gasteiger partial charge in [0.05, 0.1) is 24.9 Å². The second-order valence-corrected chi connectivity index (χ2v) is 3.38. The van der Waals surface area contributed by atoms with Crippen LogP contribution in [0.5, 0.6) is 0 Å². The summed E-state index contributed by atoms with van der Waals surface area (Å²) in [6, 6.07) is 2.21. The van der Waals surface area contributed by atoms with Gasteiger partial charge in [-0.15, -0.1) is 0 Å². The lowest BCUT2D eigenvalue weighted by molar-refractivity contribution is 0.0598. The minimum absolute atomic E-state index is 0.367. The van der Waals surface area contributed by atoms with E-state index in [1.807, 2.05) is 0 Å². The normalized spacial score (nSPS) is 17.1. The second kappa shape index (κ2) is 2.88. The minimum atomic E-state index is -0.503. The smallest absolute Gasteiger partial charge is 0.341 e. The van der Waals surface area contributed by atoms with Crippen LogP contribution in [-0.2, 0) is 10.2 Å². The first-order chi connectivity index (χ1) is 6.73. The fourth-order valence-corrected chi connectivity index (χ4v) is 1.50. The van der Waals surface area contributed by atoms with Gasteiger partial charge >= 0.3 is 5.97 Å². The average Bonchev–Trinajstić information content (AvgIpc) is 2.87. The van der Waals surface area contributed by atoms with Crippen LogP contribution >= 0.6 is 0 Å². The molecule has 1 aromatic rings. The van der Waals surface area contributed by atoms with Crippen LogP contribution in [0.4, 0.5) is 0 Å². The number of nitriles is 1. The van der Waals surface area contributed by atoms with E-state index in [2.05, 4.69) is 10.8 Å². The minimum Gasteiger partial charge on any atom is -0.471 e. The molecule has 0 atom stereocenters. The van der Waals surface area contributed by atoms with E-state index >= 15 is 0 Å². The summed E-state index contributed by atoms with van der Waals surface area (Å²) in [4.78, 5) is 11.3. The molecule has 0 radical (unpaired) electrons. The predicted octanol–water partition coefficient (Wildman–Crippen LogP) is 1.62. The van der Waals surface area contributed by atoms with Crippen LogP contribution in [-0.4, -0.2) is 13.1 Å². The first-order valence-electron chi connectivity index (χ1n) is 4.30. The van der Waals surface area contributed by atoms with Crippen molar-refractivity contribution in [2.75, 3.05) is 7.11 Å². The Kier molecular flexibility index (Phi) is 1.81. The fourth-order valence-electron chi connectivity index (χ4n) is 1.50. The molecule has 0 amide bonds. The van der Waals surface area contributed by atoms with Gasteiger partial charge in [0.1, 0.15) is 11.8 Å². The summed E-state index contributed by atoms with van der Waals surface area (Å²) in [5.74, 6) is -0.449. The molecule has 0 bridgehead atoms. The number of esters is 1. The number of nitrogens with zero attached hydrogens (tertiary/aromatic N) is 1. The Bertz CT molecular complexity index is 409. The molecule has 0 unspecified atom stereocenters. The van der Waals surface area contributed by atoms with Crippen molar-refractivity contribution in [3.8, 4) is 6.07 Å². The molecule has 0 aromatic carbocycles. The molecule has 1 fully saturated rings. The molecular formula is C10H9NO3. The summed E-state index contributed by atoms with van der Waals surface area (Å²) in [6.45, 7) is 0. The van der Waals surface area contributed by atoms with E-state index in [4.69, 9.17) is 9.68 Å². The van der Waals surface area contributed by atoms with E-state index < -0.39 is 11.4 Å². The molecule has 14 heavy (non-hydrogen) atoms. The largest absolute Gasteiger partial charge is 0.471 e. The maximum absolute atomic E-state index is 11.3. The van der Waals surface area contributed by atoms with Gasteiger partial charge in [0.15, 0.2) is 0 Å². The molecule has 0 aliphatic heterocycles. The van der Waals surface area contributed by atoms with Crippen molar-refractivity contribution >= 4 is 5.97 Å². The quantitative estimate of drug-likeness (QED) is 0.666. The molecule has 0 spiro atoms. The van der Waals surface area contributed by atoms with Gasteiger partial charge in [-0.1, -0.05) is 0 Å². The summed E-state index contributed by atoms with van der Waals surface area (Å²) in [5, 5.41) is 8.96. The van der Waals surface area contributed by atoms with Gasteiger partial charge in [-0.3, -0.25) is 0 Å². The van der Waals surface area contributed by atoms with Crippen LogP contribution in [0, 0.1) is 11.3 Å². The van der Waals surface area contributed by atoms with Crippen molar-refractivity contribution in [3.05, 3.63) is 23.7 Å². The highest BCUT2D eigenvalue weighted by Gasteiger charge is 2.48. The van der Waals surface area contributed by atoms with E-state index in [9.17, 15) is 4.79 Å². The second-order valence-electron chi connectivity index (χ2n) is 3.38. The van der Waals surface area contributed by atoms with Gasteiger partial charge < -0.3 is 9.15 Å². The van der Waals surface area contributed by atoms with Gasteiger partial charge in [-0.25, -0.2) is 4.79 Å². The highest BCUT2D eigenvalue weighted by Crippen LogP contribution is 2.49. The number of carbonyl (C=O) groups is 1. The summed E-state index contributed by atoms with van der Waals surface area (Å²) < 4.78 is 9.54. The lowest BCUT2D eigenvalue weighted by Crippen LogP contribution is -2.09. The van der Waals surface area contributed by atoms with Crippen molar-refractivity contribution in [1.82, 2.24) is 0 Å². The van der Waals surface area contributed by atoms with Crippen LogP contribution in [0.2, 0.25) is 0 Å². The highest BCUT2D eigenvalue weighted by molar-refractivity contribution is 5.91. The third-order valence-electron chi connectivity index (χ3n) is 2.55. The van der Waals surface area contributed by atoms with Crippen molar-refractivity contribution < 1.29 is 13.9 Å². The third kappa shape index (κ3) is 1.10. The van der Waals surface area contributed by atoms with Gasteiger partial charge in [-0.2, -0.15) is 5.26 Å². The molecule has 4 heteroatoms. The zero-order valence-electron chi connectivity index (χ0n) is 7.74. The molecule has 72 valence electrons. The van der Waals surface area contributed by atoms with Gasteiger partial charge in [0, 0.05) is 5.56 Å². The number of carbonyl (C=O) groups excluding carboxylic acids is 1. The Balaban J connectivity index is 2.41. The van der Waals surface area contributed by atoms with Crippen LogP contribution in [0.3, 0.4) is 0 Å². The topological polar surface area (TPSA) is 63.2 Å². The average molecular weight is 191 g/mol. The summed E-state index contributed by atoms with van der Waals surface area (Å²) in [7, 11) is 1.31. The number of rotatable bonds is 2. The van der Waals surface area contributed by atoms with Crippen molar-refractivity contribution in [1.29, 1.82) is 5.26 Å². The number of methoxy groups -OCH3 is 1. The Hall–Kier alpha value is -1.76. The van der Waals surface area contributed by atoms with Gasteiger partial charge in [0.2, 0.25) is 0 Å². The van der Waals surface area contributed by atoms with Crippen LogP contribution in [0.15, 0.2) is 16.9 Å². The fraction of sp³-hybridized carbons (Fsp3) is 0.400. The Morgan fingerprint density at radius 3 is 2.86 bits per heavy atom. The van der Waals surface area contributed by atoms with Crippen LogP contribution in [0.25, 0.3) is 0 Å². The van der Waals surface area contributed by atoms with E-state index in [1.54, 1.807) is 0 Å². The van der Waals surface area contributed by atoms with Crippen molar-refractivity contribution in [2.45, 2.75) is 18.3 Å². The van der Waals surface area contributed by atoms with Crippen LogP contribution < -0.4 is 0 Å². The number of ether oxygens (including phenoxy) is 1. The Labute approximate surface area is 81.1 Å². The molecule has 1 saturated carbocycles. The molecular weight excluding hydrogens is 182 g/mol. The SMILES string of the molecule is COC(=O)c1cocc1C1(C#N)CC1. The van der Waals surface area contributed by atoms with E-state index in [1.165, 1.54) is 19.6 Å². The number of hydrogen-bond acceptors (Lipinski definition) is 4. The zero-order chi connectivity index (χ0) is 10.2. The zero-order valence-corrected chi connectivity index (χ0v) is 7.74. The van der Waals surface area contributed by atoms with E-state index in [-0.39, 0.29) is 0 Å². The molecule has 1 aliphatic rings. The van der Waals surface area contributed by atoms with E-state index in [0.29, 0.717) is 11.1 Å². The van der Waals surface area contributed by atoms with Crippen molar-refractivity contribution in [3.63, 3.8) is 0 Å². The highest BCUT2D eigenvalue weighted by atomic mass is 16.5. The Morgan fingerprint density at radius 1 is 1.64 bits per heavy atom. The predicted molar refractivity (Wildman–Crippen MR) is 46.6 cm³/mol. The number of furan rings is 1. The molecule has 1 aliphatic carbocycles. The standard InChI is InChI=1S/C10H9NO3/c1-13-9(12)7-4-14-5-8(7)10(6-11)2-3-10/h4-5H,2-3H2,1H3. The van der Waals surface area contributed by atoms with Crippen LogP contribution in [0.1, 0.15) is 28.8 Å². The van der Waals surface area contributed by atoms with Gasteiger partial charge in [0.25, 0.3) is 0 Å². The summed E-state index contributed by atoms with van der Waals surface area (Å²) in [5.41, 5.74) is 0.523.